The Morgan fingerprint density at radius 1 is 1.09 bits per heavy atom. The number of ether oxygens (including phenoxy) is 2. The van der Waals surface area contributed by atoms with Crippen LogP contribution in [0.2, 0.25) is 5.02 Å². The summed E-state index contributed by atoms with van der Waals surface area (Å²) in [6, 6.07) is 19.3. The molecule has 0 aromatic heterocycles. The van der Waals surface area contributed by atoms with Gasteiger partial charge >= 0.3 is 62.2 Å². The van der Waals surface area contributed by atoms with E-state index in [1.807, 2.05) is 24.2 Å². The fourth-order valence-corrected chi connectivity index (χ4v) is 5.10. The van der Waals surface area contributed by atoms with Gasteiger partial charge in [-0.15, -0.1) is 29.3 Å². The van der Waals surface area contributed by atoms with E-state index < -0.39 is 17.5 Å². The van der Waals surface area contributed by atoms with Crippen LogP contribution in [0.3, 0.4) is 0 Å². The Labute approximate surface area is 321 Å². The van der Waals surface area contributed by atoms with Gasteiger partial charge in [-0.05, 0) is 48.4 Å². The number of rotatable bonds is 11. The normalized spacial score (nSPS) is 13.2. The first-order valence-electron chi connectivity index (χ1n) is 13.7. The van der Waals surface area contributed by atoms with Gasteiger partial charge in [-0.3, -0.25) is 4.39 Å². The molecule has 0 amide bonds. The molecule has 46 heavy (non-hydrogen) atoms. The minimum absolute atomic E-state index is 0. The molecule has 5 rings (SSSR count). The molecule has 0 saturated carbocycles. The molecule has 4 aromatic carbocycles. The molecule has 0 unspecified atom stereocenters. The summed E-state index contributed by atoms with van der Waals surface area (Å²) in [5.41, 5.74) is 3.00. The predicted molar refractivity (Wildman–Crippen MR) is 168 cm³/mol. The molecule has 1 aliphatic rings. The smallest absolute Gasteiger partial charge is 0.544 e. The first kappa shape index (κ1) is 40.1. The predicted octanol–water partition coefficient (Wildman–Crippen LogP) is 8.77. The number of allylic oxidation sites excluding steroid dienone is 1. The van der Waals surface area contributed by atoms with Crippen LogP contribution in [0, 0.1) is 106 Å². The van der Waals surface area contributed by atoms with E-state index in [4.69, 9.17) is 21.1 Å². The second kappa shape index (κ2) is 17.9. The molecule has 1 aliphatic heterocycles. The van der Waals surface area contributed by atoms with Crippen molar-refractivity contribution in [1.29, 1.82) is 0 Å². The minimum Gasteiger partial charge on any atom is -0.544 e. The summed E-state index contributed by atoms with van der Waals surface area (Å²) in [7, 11) is 0. The van der Waals surface area contributed by atoms with E-state index in [2.05, 4.69) is 12.6 Å². The molecule has 10 heteroatoms. The molecule has 1 atom stereocenters. The summed E-state index contributed by atoms with van der Waals surface area (Å²) in [4.78, 5) is 13.2. The number of para-hydroxylation sites is 1. The molecule has 0 aliphatic carbocycles. The van der Waals surface area contributed by atoms with Crippen LogP contribution in [-0.2, 0) is 16.0 Å². The largest absolute Gasteiger partial charge is 2.00 e. The SMILES string of the molecule is C=C(Cc1cc(F)c(-c2ccc[c-]c2O[C-](C)c2ccc(Cl)cc2F)cc1F)N(C[C@@H]1CCO1)c1cc([C-]=O)ccc1C.[CH3-].[U+2].[U+2]. The van der Waals surface area contributed by atoms with Crippen molar-refractivity contribution < 1.29 is 89.7 Å². The first-order chi connectivity index (χ1) is 20.6. The van der Waals surface area contributed by atoms with Crippen LogP contribution in [-0.4, -0.2) is 25.5 Å². The van der Waals surface area contributed by atoms with Crippen LogP contribution in [0.1, 0.15) is 35.6 Å². The number of hydrogen-bond acceptors (Lipinski definition) is 4. The van der Waals surface area contributed by atoms with Gasteiger partial charge in [0.15, 0.2) is 0 Å². The van der Waals surface area contributed by atoms with Crippen LogP contribution < -0.4 is 9.64 Å². The van der Waals surface area contributed by atoms with E-state index in [-0.39, 0.29) is 121 Å². The number of carbonyl (C=O) groups excluding carboxylic acids is 1. The second-order valence-corrected chi connectivity index (χ2v) is 10.8. The van der Waals surface area contributed by atoms with E-state index in [0.717, 1.165) is 29.8 Å². The van der Waals surface area contributed by atoms with E-state index >= 15 is 8.78 Å². The van der Waals surface area contributed by atoms with E-state index in [1.165, 1.54) is 18.2 Å². The third kappa shape index (κ3) is 9.28. The third-order valence-electron chi connectivity index (χ3n) is 7.38. The number of hydrogen-bond donors (Lipinski definition) is 0. The van der Waals surface area contributed by atoms with Crippen molar-refractivity contribution in [2.45, 2.75) is 32.8 Å². The molecule has 4 nitrogen and oxygen atoms in total. The van der Waals surface area contributed by atoms with Gasteiger partial charge in [-0.25, -0.2) is 8.78 Å². The molecule has 1 fully saturated rings. The van der Waals surface area contributed by atoms with Crippen molar-refractivity contribution in [2.24, 2.45) is 0 Å². The van der Waals surface area contributed by atoms with Gasteiger partial charge in [-0.2, -0.15) is 30.3 Å². The second-order valence-electron chi connectivity index (χ2n) is 10.4. The van der Waals surface area contributed by atoms with Gasteiger partial charge in [-0.1, -0.05) is 48.4 Å². The Balaban J connectivity index is 0.00000245. The number of halogens is 4. The topological polar surface area (TPSA) is 38.8 Å². The molecule has 234 valence electrons. The van der Waals surface area contributed by atoms with Crippen molar-refractivity contribution in [1.82, 2.24) is 0 Å². The zero-order chi connectivity index (χ0) is 30.7. The summed E-state index contributed by atoms with van der Waals surface area (Å²) in [6.45, 7) is 8.76. The summed E-state index contributed by atoms with van der Waals surface area (Å²) < 4.78 is 57.2. The quantitative estimate of drug-likeness (QED) is 0.141. The molecule has 0 N–H and O–H groups in total. The Morgan fingerprint density at radius 2 is 1.83 bits per heavy atom. The van der Waals surface area contributed by atoms with Gasteiger partial charge in [0.25, 0.3) is 0 Å². The van der Waals surface area contributed by atoms with Crippen LogP contribution in [0.25, 0.3) is 11.1 Å². The Bertz CT molecular complexity index is 1680. The number of nitrogens with zero attached hydrogens (tertiary/aromatic N) is 1. The maximum Gasteiger partial charge on any atom is 2.00 e. The van der Waals surface area contributed by atoms with Gasteiger partial charge in [0.1, 0.15) is 11.6 Å². The van der Waals surface area contributed by atoms with Crippen molar-refractivity contribution in [3.8, 4) is 16.9 Å². The summed E-state index contributed by atoms with van der Waals surface area (Å²) in [6.07, 6.45) is 2.93. The first-order valence-corrected chi connectivity index (χ1v) is 14.0. The monoisotopic (exact) mass is 1090 g/mol. The molecule has 1 heterocycles. The van der Waals surface area contributed by atoms with Crippen LogP contribution >= 0.6 is 11.6 Å². The summed E-state index contributed by atoms with van der Waals surface area (Å²) >= 11 is 5.86. The number of benzene rings is 4. The average Bonchev–Trinajstić information content (AvgIpc) is 2.95. The Kier molecular flexibility index (Phi) is 15.6. The van der Waals surface area contributed by atoms with Crippen LogP contribution in [0.4, 0.5) is 18.9 Å². The molecule has 0 spiro atoms. The van der Waals surface area contributed by atoms with Gasteiger partial charge in [0.2, 0.25) is 0 Å². The van der Waals surface area contributed by atoms with Crippen molar-refractivity contribution in [3.05, 3.63) is 143 Å². The number of anilines is 1. The maximum atomic E-state index is 15.7. The Morgan fingerprint density at radius 3 is 2.48 bits per heavy atom. The van der Waals surface area contributed by atoms with Crippen LogP contribution in [0.15, 0.2) is 79.0 Å². The van der Waals surface area contributed by atoms with Gasteiger partial charge in [0, 0.05) is 41.9 Å². The fraction of sp³-hybridized carbons (Fsp3) is 0.194. The molecule has 0 radical (unpaired) electrons. The summed E-state index contributed by atoms with van der Waals surface area (Å²) in [5.74, 6) is -1.78. The summed E-state index contributed by atoms with van der Waals surface area (Å²) in [5, 5.41) is 0.240. The van der Waals surface area contributed by atoms with Crippen molar-refractivity contribution in [2.75, 3.05) is 18.1 Å². The van der Waals surface area contributed by atoms with Gasteiger partial charge < -0.3 is 26.6 Å². The molecular formula is C36H31ClF3NO3U2. The minimum atomic E-state index is -0.674. The third-order valence-corrected chi connectivity index (χ3v) is 7.62. The van der Waals surface area contributed by atoms with E-state index in [9.17, 15) is 9.18 Å². The molecule has 1 saturated heterocycles. The number of aryl methyl sites for hydroxylation is 1. The molecule has 0 bridgehead atoms. The average molecular weight is 1090 g/mol. The zero-order valence-electron chi connectivity index (χ0n) is 25.6. The van der Waals surface area contributed by atoms with Crippen LogP contribution in [0.5, 0.6) is 5.75 Å². The maximum absolute atomic E-state index is 15.7. The van der Waals surface area contributed by atoms with Gasteiger partial charge in [0.05, 0.1) is 12.4 Å². The van der Waals surface area contributed by atoms with E-state index in [0.29, 0.717) is 24.4 Å². The fourth-order valence-electron chi connectivity index (χ4n) is 4.94. The molecule has 4 aromatic rings. The zero-order valence-corrected chi connectivity index (χ0v) is 34.7. The standard InChI is InChI=1S/C35H28ClF3NO3.CH3.2U/c1-21-8-9-24(20-41)15-34(21)40(19-27-12-13-42-27)22(2)14-25-16-32(38)30(18-31(25)37)29-6-4-5-7-35(29)43-23(3)28-11-10-26(36)17-33(28)39;;;/h4-6,8-11,15-18,27H,2,12-14,19H2,1,3H3;1H3;;/q-3;-1;2*+2/t27-;;;/m0.../s1. The van der Waals surface area contributed by atoms with E-state index in [1.54, 1.807) is 37.3 Å². The van der Waals surface area contributed by atoms with Crippen molar-refractivity contribution in [3.63, 3.8) is 0 Å². The molecular weight excluding hydrogens is 1060 g/mol. The Hall–Kier alpha value is -2.10. The van der Waals surface area contributed by atoms with Crippen molar-refractivity contribution >= 4 is 23.6 Å².